The van der Waals surface area contributed by atoms with Gasteiger partial charge >= 0.3 is 0 Å². The van der Waals surface area contributed by atoms with E-state index < -0.39 is 0 Å². The second-order valence-electron chi connectivity index (χ2n) is 7.18. The molecule has 0 atom stereocenters. The SMILES string of the molecule is C=C.C=C.CCCCCCCCCCCCOCCOOO/C=C/[N+](C)(C)C.[Cl-]. The molecule has 29 heavy (non-hydrogen) atoms. The summed E-state index contributed by atoms with van der Waals surface area (Å²) in [6.45, 7) is 16.0. The first-order valence-electron chi connectivity index (χ1n) is 10.6. The third-order valence-corrected chi connectivity index (χ3v) is 3.60. The van der Waals surface area contributed by atoms with Crippen molar-refractivity contribution in [2.24, 2.45) is 0 Å². The molecule has 5 nitrogen and oxygen atoms in total. The summed E-state index contributed by atoms with van der Waals surface area (Å²) in [5, 5.41) is 4.56. The molecule has 0 heterocycles. The Morgan fingerprint density at radius 1 is 0.690 bits per heavy atom. The summed E-state index contributed by atoms with van der Waals surface area (Å²) in [5.74, 6) is 0. The van der Waals surface area contributed by atoms with Crippen LogP contribution in [0.3, 0.4) is 0 Å². The van der Waals surface area contributed by atoms with Crippen molar-refractivity contribution in [3.05, 3.63) is 38.8 Å². The molecule has 0 aliphatic carbocycles. The third-order valence-electron chi connectivity index (χ3n) is 3.60. The average molecular weight is 438 g/mol. The quantitative estimate of drug-likeness (QED) is 0.0819. The van der Waals surface area contributed by atoms with Gasteiger partial charge in [-0.1, -0.05) is 64.7 Å². The van der Waals surface area contributed by atoms with Gasteiger partial charge in [-0.15, -0.1) is 26.3 Å². The lowest BCUT2D eigenvalue weighted by atomic mass is 10.1. The van der Waals surface area contributed by atoms with E-state index in [1.807, 2.05) is 27.3 Å². The standard InChI is InChI=1S/C19H40NO4.2C2H4.ClH/c1-5-6-7-8-9-10-11-12-13-14-16-21-18-19-23-24-22-17-15-20(2,3)4;2*1-2;/h15,17H,5-14,16,18-19H2,1-4H3;2*1-2H2;1H/q+1;;;/p-1/b17-15+;;;. The highest BCUT2D eigenvalue weighted by Crippen LogP contribution is 2.10. The zero-order chi connectivity index (χ0) is 21.9. The molecule has 0 aromatic heterocycles. The van der Waals surface area contributed by atoms with Gasteiger partial charge < -0.3 is 26.5 Å². The Morgan fingerprint density at radius 2 is 1.17 bits per heavy atom. The number of halogens is 1. The molecule has 6 heteroatoms. The van der Waals surface area contributed by atoms with Crippen molar-refractivity contribution in [2.75, 3.05) is 41.0 Å². The molecule has 0 aromatic rings. The highest BCUT2D eigenvalue weighted by atomic mass is 35.5. The van der Waals surface area contributed by atoms with Gasteiger partial charge in [-0.05, 0) is 11.5 Å². The maximum atomic E-state index is 5.48. The smallest absolute Gasteiger partial charge is 0.185 e. The lowest BCUT2D eigenvalue weighted by Crippen LogP contribution is -3.00. The lowest BCUT2D eigenvalue weighted by molar-refractivity contribution is -0.818. The minimum absolute atomic E-state index is 0. The van der Waals surface area contributed by atoms with Gasteiger partial charge in [0, 0.05) is 6.61 Å². The van der Waals surface area contributed by atoms with Crippen LogP contribution < -0.4 is 12.4 Å². The van der Waals surface area contributed by atoms with E-state index in [1.54, 1.807) is 0 Å². The summed E-state index contributed by atoms with van der Waals surface area (Å²) >= 11 is 0. The van der Waals surface area contributed by atoms with E-state index in [9.17, 15) is 0 Å². The number of hydrogen-bond acceptors (Lipinski definition) is 4. The fraction of sp³-hybridized carbons (Fsp3) is 0.739. The summed E-state index contributed by atoms with van der Waals surface area (Å²) in [5.41, 5.74) is 0. The van der Waals surface area contributed by atoms with Gasteiger partial charge in [-0.3, -0.25) is 0 Å². The summed E-state index contributed by atoms with van der Waals surface area (Å²) < 4.78 is 6.14. The van der Waals surface area contributed by atoms with Crippen molar-refractivity contribution in [1.29, 1.82) is 0 Å². The minimum atomic E-state index is 0. The van der Waals surface area contributed by atoms with Crippen molar-refractivity contribution >= 4 is 0 Å². The molecule has 176 valence electrons. The van der Waals surface area contributed by atoms with Crippen LogP contribution >= 0.6 is 0 Å². The molecule has 0 N–H and O–H groups in total. The highest BCUT2D eigenvalue weighted by molar-refractivity contribution is 4.57. The zero-order valence-corrected chi connectivity index (χ0v) is 20.4. The molecule has 0 rings (SSSR count). The van der Waals surface area contributed by atoms with Crippen molar-refractivity contribution in [2.45, 2.75) is 71.1 Å². The Labute approximate surface area is 187 Å². The largest absolute Gasteiger partial charge is 1.00 e. The number of nitrogens with zero attached hydrogens (tertiary/aromatic N) is 1. The third kappa shape index (κ3) is 42.3. The number of hydrogen-bond donors (Lipinski definition) is 0. The maximum absolute atomic E-state index is 5.48. The van der Waals surface area contributed by atoms with E-state index in [4.69, 9.17) is 14.5 Å². The Hall–Kier alpha value is -0.850. The van der Waals surface area contributed by atoms with E-state index in [0.717, 1.165) is 13.0 Å². The topological polar surface area (TPSA) is 36.9 Å². The fourth-order valence-corrected chi connectivity index (χ4v) is 2.18. The normalized spacial score (nSPS) is 10.3. The molecule has 0 fully saturated rings. The van der Waals surface area contributed by atoms with Gasteiger partial charge in [0.15, 0.2) is 6.26 Å². The van der Waals surface area contributed by atoms with E-state index in [1.165, 1.54) is 64.0 Å². The molecule has 0 saturated heterocycles. The highest BCUT2D eigenvalue weighted by Gasteiger charge is 1.99. The molecule has 0 aliphatic rings. The number of quaternary nitrogens is 1. The number of ether oxygens (including phenoxy) is 1. The van der Waals surface area contributed by atoms with Gasteiger partial charge in [0.25, 0.3) is 0 Å². The van der Waals surface area contributed by atoms with E-state index in [2.05, 4.69) is 38.3 Å². The zero-order valence-electron chi connectivity index (χ0n) is 19.6. The Morgan fingerprint density at radius 3 is 1.66 bits per heavy atom. The first-order chi connectivity index (χ1) is 13.6. The first-order valence-corrected chi connectivity index (χ1v) is 10.6. The maximum Gasteiger partial charge on any atom is 0.185 e. The molecule has 0 saturated carbocycles. The van der Waals surface area contributed by atoms with Gasteiger partial charge in [-0.25, -0.2) is 0 Å². The van der Waals surface area contributed by atoms with Crippen LogP contribution in [0.15, 0.2) is 38.8 Å². The average Bonchev–Trinajstić information content (AvgIpc) is 2.69. The van der Waals surface area contributed by atoms with Crippen molar-refractivity contribution in [3.8, 4) is 0 Å². The van der Waals surface area contributed by atoms with Gasteiger partial charge in [0.05, 0.1) is 27.7 Å². The van der Waals surface area contributed by atoms with Crippen LogP contribution in [-0.2, 0) is 19.6 Å². The first kappa shape index (κ1) is 35.6. The number of unbranched alkanes of at least 4 members (excludes halogenated alkanes) is 9. The molecule has 0 aliphatic heterocycles. The molecule has 0 aromatic carbocycles. The molecule has 0 amide bonds. The second kappa shape index (κ2) is 31.8. The summed E-state index contributed by atoms with van der Waals surface area (Å²) in [6.07, 6.45) is 16.7. The predicted octanol–water partition coefficient (Wildman–Crippen LogP) is 3.59. The summed E-state index contributed by atoms with van der Waals surface area (Å²) in [6, 6.07) is 0. The van der Waals surface area contributed by atoms with Gasteiger partial charge in [0.2, 0.25) is 0 Å². The van der Waals surface area contributed by atoms with Crippen molar-refractivity contribution in [1.82, 2.24) is 0 Å². The predicted molar refractivity (Wildman–Crippen MR) is 120 cm³/mol. The monoisotopic (exact) mass is 437 g/mol. The van der Waals surface area contributed by atoms with E-state index >= 15 is 0 Å². The Bertz CT molecular complexity index is 308. The summed E-state index contributed by atoms with van der Waals surface area (Å²) in [4.78, 5) is 9.59. The van der Waals surface area contributed by atoms with Crippen LogP contribution in [0.2, 0.25) is 0 Å². The van der Waals surface area contributed by atoms with Gasteiger partial charge in [-0.2, -0.15) is 4.89 Å². The Balaban J connectivity index is -0.000000584. The van der Waals surface area contributed by atoms with Crippen LogP contribution in [0.25, 0.3) is 0 Å². The minimum Gasteiger partial charge on any atom is -1.00 e. The van der Waals surface area contributed by atoms with Crippen LogP contribution in [-0.4, -0.2) is 45.4 Å². The fourth-order valence-electron chi connectivity index (χ4n) is 2.18. The lowest BCUT2D eigenvalue weighted by Gasteiger charge is -2.16. The van der Waals surface area contributed by atoms with E-state index in [-0.39, 0.29) is 12.4 Å². The Kier molecular flexibility index (Phi) is 39.1. The van der Waals surface area contributed by atoms with Crippen LogP contribution in [0.4, 0.5) is 0 Å². The molecular formula is C23H48ClNO4. The van der Waals surface area contributed by atoms with Crippen LogP contribution in [0.5, 0.6) is 0 Å². The summed E-state index contributed by atoms with van der Waals surface area (Å²) in [7, 11) is 6.05. The van der Waals surface area contributed by atoms with E-state index in [0.29, 0.717) is 17.7 Å². The van der Waals surface area contributed by atoms with Gasteiger partial charge in [0.1, 0.15) is 12.8 Å². The molecular weight excluding hydrogens is 390 g/mol. The molecule has 0 radical (unpaired) electrons. The van der Waals surface area contributed by atoms with Crippen molar-refractivity contribution < 1.29 is 36.4 Å². The molecule has 0 unspecified atom stereocenters. The second-order valence-corrected chi connectivity index (χ2v) is 7.18. The molecule has 0 spiro atoms. The van der Waals surface area contributed by atoms with Crippen molar-refractivity contribution in [3.63, 3.8) is 0 Å². The molecule has 0 bridgehead atoms. The van der Waals surface area contributed by atoms with Crippen LogP contribution in [0.1, 0.15) is 71.1 Å². The van der Waals surface area contributed by atoms with Crippen LogP contribution in [0, 0.1) is 0 Å². The number of rotatable bonds is 18.